The lowest BCUT2D eigenvalue weighted by Gasteiger charge is -2.38. The summed E-state index contributed by atoms with van der Waals surface area (Å²) in [5, 5.41) is 0. The third-order valence-electron chi connectivity index (χ3n) is 3.63. The van der Waals surface area contributed by atoms with Gasteiger partial charge in [0.15, 0.2) is 0 Å². The lowest BCUT2D eigenvalue weighted by Crippen LogP contribution is -2.49. The molecule has 0 amide bonds. The van der Waals surface area contributed by atoms with Gasteiger partial charge in [-0.25, -0.2) is 0 Å². The van der Waals surface area contributed by atoms with E-state index < -0.39 is 0 Å². The fraction of sp³-hybridized carbons (Fsp3) is 1.00. The van der Waals surface area contributed by atoms with Crippen LogP contribution >= 0.6 is 0 Å². The molecule has 0 aliphatic rings. The molecule has 1 N–H and O–H groups in total. The minimum absolute atomic E-state index is 0. The molecule has 0 saturated heterocycles. The Morgan fingerprint density at radius 1 is 0.625 bits per heavy atom. The van der Waals surface area contributed by atoms with Crippen molar-refractivity contribution >= 4 is 0 Å². The first-order chi connectivity index (χ1) is 7.24. The second-order valence-corrected chi connectivity index (χ2v) is 4.89. The second kappa shape index (κ2) is 11.4. The zero-order chi connectivity index (χ0) is 11.6. The first-order valence-corrected chi connectivity index (χ1v) is 7.09. The van der Waals surface area contributed by atoms with Gasteiger partial charge in [0, 0.05) is 0 Å². The van der Waals surface area contributed by atoms with Crippen molar-refractivity contribution in [2.45, 2.75) is 66.2 Å². The van der Waals surface area contributed by atoms with Gasteiger partial charge in [0.1, 0.15) is 0 Å². The highest BCUT2D eigenvalue weighted by molar-refractivity contribution is 4.46. The smallest absolute Gasteiger partial charge is 0.0786 e. The summed E-state index contributed by atoms with van der Waals surface area (Å²) in [5.41, 5.74) is 0. The van der Waals surface area contributed by atoms with Crippen molar-refractivity contribution in [1.82, 2.24) is 0 Å². The average molecular weight is 231 g/mol. The Morgan fingerprint density at radius 2 is 0.938 bits per heavy atom. The van der Waals surface area contributed by atoms with Crippen LogP contribution in [-0.4, -0.2) is 36.1 Å². The number of quaternary nitrogens is 1. The molecule has 2 heteroatoms. The average Bonchev–Trinajstić information content (AvgIpc) is 2.29. The molecule has 0 aliphatic heterocycles. The molecule has 2 nitrogen and oxygen atoms in total. The predicted octanol–water partition coefficient (Wildman–Crippen LogP) is 4.05. The Balaban J connectivity index is 0. The number of hydrogen-bond donors (Lipinski definition) is 0. The quantitative estimate of drug-likeness (QED) is 0.522. The maximum Gasteiger partial charge on any atom is 0.0786 e. The molecular formula is C14H33NO. The zero-order valence-corrected chi connectivity index (χ0v) is 12.0. The van der Waals surface area contributed by atoms with Crippen LogP contribution in [0.5, 0.6) is 0 Å². The summed E-state index contributed by atoms with van der Waals surface area (Å²) in [6, 6.07) is 0. The van der Waals surface area contributed by atoms with Crippen LogP contribution in [0.3, 0.4) is 0 Å². The number of hydrogen-bond acceptors (Lipinski definition) is 1. The van der Waals surface area contributed by atoms with Crippen LogP contribution in [0.2, 0.25) is 0 Å². The van der Waals surface area contributed by atoms with Crippen LogP contribution in [0, 0.1) is 0 Å². The van der Waals surface area contributed by atoms with Crippen LogP contribution in [0.15, 0.2) is 0 Å². The van der Waals surface area contributed by atoms with Crippen molar-refractivity contribution < 1.29 is 9.96 Å². The van der Waals surface area contributed by atoms with Crippen molar-refractivity contribution in [2.75, 3.05) is 26.2 Å². The number of rotatable bonds is 10. The second-order valence-electron chi connectivity index (χ2n) is 4.89. The fourth-order valence-electron chi connectivity index (χ4n) is 2.29. The summed E-state index contributed by atoms with van der Waals surface area (Å²) in [6.45, 7) is 14.9. The SMILES string of the molecule is CCCC[N+](CC)(CCCC)CCCC.[OH-]. The van der Waals surface area contributed by atoms with E-state index in [1.807, 2.05) is 0 Å². The van der Waals surface area contributed by atoms with Crippen molar-refractivity contribution in [3.05, 3.63) is 0 Å². The van der Waals surface area contributed by atoms with Gasteiger partial charge in [0.05, 0.1) is 26.2 Å². The van der Waals surface area contributed by atoms with Gasteiger partial charge in [-0.15, -0.1) is 0 Å². The molecule has 0 aliphatic carbocycles. The maximum atomic E-state index is 2.38. The third-order valence-corrected chi connectivity index (χ3v) is 3.63. The van der Waals surface area contributed by atoms with Crippen LogP contribution in [0.4, 0.5) is 0 Å². The molecule has 0 radical (unpaired) electrons. The van der Waals surface area contributed by atoms with E-state index in [0.29, 0.717) is 0 Å². The van der Waals surface area contributed by atoms with E-state index in [1.54, 1.807) is 0 Å². The van der Waals surface area contributed by atoms with Crippen LogP contribution < -0.4 is 0 Å². The predicted molar refractivity (Wildman–Crippen MR) is 72.1 cm³/mol. The van der Waals surface area contributed by atoms with E-state index in [4.69, 9.17) is 0 Å². The molecule has 100 valence electrons. The minimum atomic E-state index is 0. The Morgan fingerprint density at radius 3 is 1.12 bits per heavy atom. The third kappa shape index (κ3) is 7.24. The van der Waals surface area contributed by atoms with E-state index >= 15 is 0 Å². The molecule has 0 spiro atoms. The lowest BCUT2D eigenvalue weighted by atomic mass is 10.1. The molecule has 0 aromatic heterocycles. The topological polar surface area (TPSA) is 30.0 Å². The van der Waals surface area contributed by atoms with Gasteiger partial charge < -0.3 is 9.96 Å². The zero-order valence-electron chi connectivity index (χ0n) is 12.0. The molecule has 0 saturated carbocycles. The van der Waals surface area contributed by atoms with Crippen molar-refractivity contribution in [3.8, 4) is 0 Å². The highest BCUT2D eigenvalue weighted by Crippen LogP contribution is 2.14. The van der Waals surface area contributed by atoms with Gasteiger partial charge in [-0.2, -0.15) is 0 Å². The van der Waals surface area contributed by atoms with E-state index in [9.17, 15) is 0 Å². The standard InChI is InChI=1S/C14H32N.H2O/c1-5-9-12-15(8-4,13-10-6-2)14-11-7-3;/h5-14H2,1-4H3;1H2/q+1;/p-1. The van der Waals surface area contributed by atoms with Crippen molar-refractivity contribution in [3.63, 3.8) is 0 Å². The first-order valence-electron chi connectivity index (χ1n) is 7.09. The molecule has 0 rings (SSSR count). The summed E-state index contributed by atoms with van der Waals surface area (Å²) in [6.07, 6.45) is 8.25. The molecule has 0 atom stereocenters. The van der Waals surface area contributed by atoms with Gasteiger partial charge in [-0.3, -0.25) is 0 Å². The highest BCUT2D eigenvalue weighted by Gasteiger charge is 2.22. The van der Waals surface area contributed by atoms with Gasteiger partial charge in [-0.05, 0) is 26.2 Å². The van der Waals surface area contributed by atoms with E-state index in [1.165, 1.54) is 69.2 Å². The summed E-state index contributed by atoms with van der Waals surface area (Å²) in [4.78, 5) is 0. The summed E-state index contributed by atoms with van der Waals surface area (Å²) >= 11 is 0. The molecule has 0 aromatic rings. The monoisotopic (exact) mass is 231 g/mol. The van der Waals surface area contributed by atoms with Crippen LogP contribution in [0.1, 0.15) is 66.2 Å². The van der Waals surface area contributed by atoms with Crippen molar-refractivity contribution in [2.24, 2.45) is 0 Å². The molecule has 0 fully saturated rings. The molecule has 0 bridgehead atoms. The molecule has 0 aromatic carbocycles. The maximum absolute atomic E-state index is 2.38. The van der Waals surface area contributed by atoms with Gasteiger partial charge in [0.25, 0.3) is 0 Å². The number of unbranched alkanes of at least 4 members (excludes halogenated alkanes) is 3. The van der Waals surface area contributed by atoms with Crippen molar-refractivity contribution in [1.29, 1.82) is 0 Å². The Hall–Kier alpha value is -0.0800. The highest BCUT2D eigenvalue weighted by atomic mass is 16.0. The lowest BCUT2D eigenvalue weighted by molar-refractivity contribution is -0.927. The number of nitrogens with zero attached hydrogens (tertiary/aromatic N) is 1. The van der Waals surface area contributed by atoms with Gasteiger partial charge in [-0.1, -0.05) is 40.0 Å². The Labute approximate surface area is 103 Å². The Kier molecular flexibility index (Phi) is 13.0. The Bertz CT molecular complexity index is 115. The largest absolute Gasteiger partial charge is 0.870 e. The van der Waals surface area contributed by atoms with Gasteiger partial charge in [0.2, 0.25) is 0 Å². The fourth-order valence-corrected chi connectivity index (χ4v) is 2.29. The molecular weight excluding hydrogens is 198 g/mol. The van der Waals surface area contributed by atoms with Gasteiger partial charge >= 0.3 is 0 Å². The summed E-state index contributed by atoms with van der Waals surface area (Å²) in [5.74, 6) is 0. The van der Waals surface area contributed by atoms with Crippen LogP contribution in [-0.2, 0) is 0 Å². The summed E-state index contributed by atoms with van der Waals surface area (Å²) < 4.78 is 1.38. The van der Waals surface area contributed by atoms with E-state index in [0.717, 1.165) is 0 Å². The van der Waals surface area contributed by atoms with E-state index in [-0.39, 0.29) is 5.48 Å². The first kappa shape index (κ1) is 18.3. The van der Waals surface area contributed by atoms with Crippen LogP contribution in [0.25, 0.3) is 0 Å². The molecule has 0 heterocycles. The molecule has 16 heavy (non-hydrogen) atoms. The normalized spacial score (nSPS) is 11.2. The van der Waals surface area contributed by atoms with E-state index in [2.05, 4.69) is 27.7 Å². The summed E-state index contributed by atoms with van der Waals surface area (Å²) in [7, 11) is 0. The molecule has 0 unspecified atom stereocenters. The minimum Gasteiger partial charge on any atom is -0.870 e.